The average molecular weight is 857 g/mol. The molecule has 3 aromatic heterocycles. The van der Waals surface area contributed by atoms with Gasteiger partial charge in [0.2, 0.25) is 0 Å². The van der Waals surface area contributed by atoms with Gasteiger partial charge in [-0.05, 0) is 58.0 Å². The first-order valence-corrected chi connectivity index (χ1v) is 20.2. The Hall–Kier alpha value is -4.15. The fourth-order valence-electron chi connectivity index (χ4n) is 5.84. The predicted molar refractivity (Wildman–Crippen MR) is 210 cm³/mol. The van der Waals surface area contributed by atoms with Crippen LogP contribution in [0, 0.1) is 24.9 Å². The molecule has 0 atom stereocenters. The summed E-state index contributed by atoms with van der Waals surface area (Å²) in [6, 6.07) is 37.2. The third-order valence-corrected chi connectivity index (χ3v) is 10.4. The van der Waals surface area contributed by atoms with E-state index in [1.807, 2.05) is 76.2 Å². The fourth-order valence-corrected chi connectivity index (χ4v) is 7.24. The molecule has 4 aromatic carbocycles. The number of pyridine rings is 2. The maximum absolute atomic E-state index is 8.59. The summed E-state index contributed by atoms with van der Waals surface area (Å²) < 4.78 is 54.2. The molecule has 0 amide bonds. The second-order valence-corrected chi connectivity index (χ2v) is 18.9. The molecule has 1 radical (unpaired) electrons. The summed E-state index contributed by atoms with van der Waals surface area (Å²) in [5.41, 5.74) is 8.62. The Morgan fingerprint density at radius 1 is 0.840 bits per heavy atom. The van der Waals surface area contributed by atoms with Crippen LogP contribution >= 0.6 is 0 Å². The molecule has 0 unspecified atom stereocenters. The quantitative estimate of drug-likeness (QED) is 0.118. The number of aryl methyl sites for hydroxylation is 1. The van der Waals surface area contributed by atoms with Crippen LogP contribution in [0.25, 0.3) is 55.6 Å². The van der Waals surface area contributed by atoms with Crippen LogP contribution in [0.4, 0.5) is 0 Å². The van der Waals surface area contributed by atoms with E-state index in [-0.39, 0.29) is 31.6 Å². The molecule has 3 nitrogen and oxygen atoms in total. The van der Waals surface area contributed by atoms with Gasteiger partial charge in [0, 0.05) is 46.1 Å². The van der Waals surface area contributed by atoms with E-state index in [4.69, 9.17) is 12.6 Å². The van der Waals surface area contributed by atoms with Crippen molar-refractivity contribution in [1.29, 1.82) is 0 Å². The van der Waals surface area contributed by atoms with E-state index in [0.29, 0.717) is 16.8 Å². The van der Waals surface area contributed by atoms with Crippen LogP contribution in [0.2, 0.25) is 19.6 Å². The molecule has 0 aliphatic rings. The van der Waals surface area contributed by atoms with Crippen molar-refractivity contribution in [3.8, 4) is 33.6 Å². The molecular formula is C45H46IrN2OSi-2. The van der Waals surface area contributed by atoms with E-state index in [1.165, 1.54) is 6.07 Å². The van der Waals surface area contributed by atoms with Gasteiger partial charge in [-0.25, -0.2) is 0 Å². The number of hydrogen-bond acceptors (Lipinski definition) is 3. The maximum Gasteiger partial charge on any atom is 0.121 e. The molecule has 50 heavy (non-hydrogen) atoms. The van der Waals surface area contributed by atoms with Crippen LogP contribution < -0.4 is 5.19 Å². The van der Waals surface area contributed by atoms with E-state index in [2.05, 4.69) is 72.1 Å². The zero-order valence-corrected chi connectivity index (χ0v) is 33.0. The van der Waals surface area contributed by atoms with E-state index in [1.54, 1.807) is 24.5 Å². The number of rotatable bonds is 7. The molecule has 0 bridgehead atoms. The molecule has 0 fully saturated rings. The first kappa shape index (κ1) is 29.6. The van der Waals surface area contributed by atoms with Crippen LogP contribution in [-0.2, 0) is 26.5 Å². The minimum absolute atomic E-state index is 0. The van der Waals surface area contributed by atoms with Crippen molar-refractivity contribution in [3.05, 3.63) is 138 Å². The molecule has 7 rings (SSSR count). The molecule has 0 aliphatic heterocycles. The minimum Gasteiger partial charge on any atom is -0.501 e. The third-order valence-electron chi connectivity index (χ3n) is 8.38. The Morgan fingerprint density at radius 2 is 1.64 bits per heavy atom. The summed E-state index contributed by atoms with van der Waals surface area (Å²) in [5, 5.41) is 3.14. The number of aromatic nitrogens is 2. The topological polar surface area (TPSA) is 38.9 Å². The molecule has 3 heterocycles. The first-order chi connectivity index (χ1) is 25.7. The number of fused-ring (bicyclic) bond motifs is 3. The summed E-state index contributed by atoms with van der Waals surface area (Å²) >= 11 is 0. The minimum atomic E-state index is -2.16. The van der Waals surface area contributed by atoms with Crippen LogP contribution in [0.3, 0.4) is 0 Å². The summed E-state index contributed by atoms with van der Waals surface area (Å²) in [6.45, 7) is 11.9. The second kappa shape index (κ2) is 15.8. The Labute approximate surface area is 321 Å². The van der Waals surface area contributed by atoms with Gasteiger partial charge in [-0.2, -0.15) is 0 Å². The van der Waals surface area contributed by atoms with Gasteiger partial charge >= 0.3 is 0 Å². The van der Waals surface area contributed by atoms with Gasteiger partial charge in [-0.3, -0.25) is 0 Å². The average Bonchev–Trinajstić information content (AvgIpc) is 3.52. The van der Waals surface area contributed by atoms with Crippen molar-refractivity contribution >= 4 is 35.2 Å². The summed E-state index contributed by atoms with van der Waals surface area (Å²) in [7, 11) is -1.78. The predicted octanol–water partition coefficient (Wildman–Crippen LogP) is 11.8. The Kier molecular flexibility index (Phi) is 9.35. The van der Waals surface area contributed by atoms with Crippen molar-refractivity contribution in [1.82, 2.24) is 9.97 Å². The van der Waals surface area contributed by atoms with Crippen LogP contribution in [0.15, 0.2) is 114 Å². The van der Waals surface area contributed by atoms with Crippen molar-refractivity contribution in [3.63, 3.8) is 0 Å². The van der Waals surface area contributed by atoms with Gasteiger partial charge in [-0.15, -0.1) is 53.6 Å². The Bertz CT molecular complexity index is 2450. The zero-order chi connectivity index (χ0) is 39.9. The van der Waals surface area contributed by atoms with Crippen molar-refractivity contribution in [2.45, 2.75) is 66.5 Å². The Balaban J connectivity index is 0.000000212. The normalized spacial score (nSPS) is 14.0. The summed E-state index contributed by atoms with van der Waals surface area (Å²) in [4.78, 5) is 9.07. The summed E-state index contributed by atoms with van der Waals surface area (Å²) in [6.07, 6.45) is 2.08. The molecular weight excluding hydrogens is 805 g/mol. The van der Waals surface area contributed by atoms with Gasteiger partial charge in [0.25, 0.3) is 0 Å². The number of nitrogens with zero attached hydrogens (tertiary/aromatic N) is 2. The van der Waals surface area contributed by atoms with E-state index >= 15 is 0 Å². The second-order valence-electron chi connectivity index (χ2n) is 13.9. The van der Waals surface area contributed by atoms with Crippen LogP contribution in [0.5, 0.6) is 0 Å². The van der Waals surface area contributed by atoms with Gasteiger partial charge in [0.05, 0.1) is 13.7 Å². The van der Waals surface area contributed by atoms with E-state index in [9.17, 15) is 0 Å². The smallest absolute Gasteiger partial charge is 0.121 e. The van der Waals surface area contributed by atoms with Gasteiger partial charge in [0.15, 0.2) is 0 Å². The molecule has 0 aliphatic carbocycles. The first-order valence-electron chi connectivity index (χ1n) is 19.7. The maximum atomic E-state index is 8.59. The summed E-state index contributed by atoms with van der Waals surface area (Å²) in [5.74, 6) is -0.862. The molecule has 7 aromatic rings. The largest absolute Gasteiger partial charge is 0.501 e. The molecule has 0 saturated heterocycles. The van der Waals surface area contributed by atoms with Gasteiger partial charge in [0.1, 0.15) is 5.58 Å². The monoisotopic (exact) mass is 857 g/mol. The van der Waals surface area contributed by atoms with Crippen LogP contribution in [-0.4, -0.2) is 18.0 Å². The van der Waals surface area contributed by atoms with E-state index < -0.39 is 27.2 Å². The van der Waals surface area contributed by atoms with Crippen molar-refractivity contribution in [2.75, 3.05) is 0 Å². The number of furan rings is 1. The third kappa shape index (κ3) is 8.41. The van der Waals surface area contributed by atoms with Crippen LogP contribution in [0.1, 0.15) is 58.5 Å². The Morgan fingerprint density at radius 3 is 2.32 bits per heavy atom. The molecule has 0 spiro atoms. The van der Waals surface area contributed by atoms with Crippen molar-refractivity contribution < 1.29 is 32.7 Å². The SMILES string of the molecule is [2H]C(C)(C)c1ccnc(-c2[c-]ccc3c2oc2cc(-c4ccccc4)ccc23)c1.[2H]C([2H])([2H])c1c[c-]c(-c2cc(C([2H])([2H])C(C)C)c([Si](C)(C)C)cn2)cc1.[Ir]. The van der Waals surface area contributed by atoms with Crippen molar-refractivity contribution in [2.24, 2.45) is 5.92 Å². The molecule has 0 saturated carbocycles. The number of benzene rings is 4. The van der Waals surface area contributed by atoms with Gasteiger partial charge in [-0.1, -0.05) is 131 Å². The number of hydrogen-bond donors (Lipinski definition) is 0. The molecule has 0 N–H and O–H groups in total. The zero-order valence-electron chi connectivity index (χ0n) is 35.6. The molecule has 257 valence electrons. The van der Waals surface area contributed by atoms with Gasteiger partial charge < -0.3 is 14.4 Å². The fraction of sp³-hybridized carbons (Fsp3) is 0.244. The van der Waals surface area contributed by atoms with E-state index in [0.717, 1.165) is 55.1 Å². The molecule has 5 heteroatoms. The standard InChI is InChI=1S/C26H20NO.C19H26NSi.Ir/c1-17(2)19-13-14-27-24(15-19)23-10-6-9-22-21-12-11-20(16-25(21)28-26(22)23)18-7-4-3-5-8-18;1-14(2)11-17-12-18(16-9-7-15(3)8-10-16)20-13-19(17)21(4,5)6;/h3-9,11-17H,1-2H3;7-9,12-14H,11H2,1-6H3;/q2*-1;/i17D;3D3,11D2;.